The van der Waals surface area contributed by atoms with Gasteiger partial charge in [-0.3, -0.25) is 9.59 Å². The standard InChI is InChI=1S/C13H22N4O3/c1-4-17-8-10(14)7-11(17)13(19)16(2)9-12(18)15-5-6-20-3/h7-8H,4-6,9,14H2,1-3H3,(H,15,18). The molecule has 0 aliphatic carbocycles. The lowest BCUT2D eigenvalue weighted by atomic mass is 10.3. The van der Waals surface area contributed by atoms with E-state index in [1.165, 1.54) is 4.90 Å². The highest BCUT2D eigenvalue weighted by atomic mass is 16.5. The van der Waals surface area contributed by atoms with Gasteiger partial charge in [0.15, 0.2) is 0 Å². The molecule has 1 aromatic heterocycles. The number of carbonyl (C=O) groups excluding carboxylic acids is 2. The van der Waals surface area contributed by atoms with Crippen LogP contribution in [0.3, 0.4) is 0 Å². The first-order valence-electron chi connectivity index (χ1n) is 6.46. The molecule has 0 spiro atoms. The molecule has 1 aromatic rings. The van der Waals surface area contributed by atoms with Gasteiger partial charge in [0.05, 0.1) is 18.8 Å². The molecule has 0 radical (unpaired) electrons. The molecule has 0 aliphatic heterocycles. The van der Waals surface area contributed by atoms with Crippen LogP contribution < -0.4 is 11.1 Å². The quantitative estimate of drug-likeness (QED) is 0.685. The lowest BCUT2D eigenvalue weighted by Crippen LogP contribution is -2.39. The molecule has 0 aliphatic rings. The molecule has 0 saturated carbocycles. The molecule has 0 atom stereocenters. The summed E-state index contributed by atoms with van der Waals surface area (Å²) in [4.78, 5) is 25.2. The summed E-state index contributed by atoms with van der Waals surface area (Å²) in [6.45, 7) is 3.44. The van der Waals surface area contributed by atoms with Crippen molar-refractivity contribution in [2.45, 2.75) is 13.5 Å². The Morgan fingerprint density at radius 1 is 1.50 bits per heavy atom. The Bertz CT molecular complexity index is 470. The number of aromatic nitrogens is 1. The number of ether oxygens (including phenoxy) is 1. The lowest BCUT2D eigenvalue weighted by molar-refractivity contribution is -0.121. The third-order valence-corrected chi connectivity index (χ3v) is 2.83. The van der Waals surface area contributed by atoms with Crippen LogP contribution in [-0.2, 0) is 16.1 Å². The van der Waals surface area contributed by atoms with E-state index in [0.29, 0.717) is 31.1 Å². The van der Waals surface area contributed by atoms with Gasteiger partial charge in [-0.05, 0) is 13.0 Å². The van der Waals surface area contributed by atoms with Crippen molar-refractivity contribution in [3.63, 3.8) is 0 Å². The molecule has 7 nitrogen and oxygen atoms in total. The van der Waals surface area contributed by atoms with E-state index in [-0.39, 0.29) is 18.4 Å². The van der Waals surface area contributed by atoms with Gasteiger partial charge in [-0.2, -0.15) is 0 Å². The Hall–Kier alpha value is -2.02. The van der Waals surface area contributed by atoms with Crippen LogP contribution in [0.4, 0.5) is 5.69 Å². The predicted molar refractivity (Wildman–Crippen MR) is 76.4 cm³/mol. The number of nitrogen functional groups attached to an aromatic ring is 1. The molecule has 2 amide bonds. The van der Waals surface area contributed by atoms with Crippen molar-refractivity contribution < 1.29 is 14.3 Å². The minimum atomic E-state index is -0.231. The number of nitrogens with zero attached hydrogens (tertiary/aromatic N) is 2. The number of rotatable bonds is 7. The van der Waals surface area contributed by atoms with Crippen LogP contribution in [0.5, 0.6) is 0 Å². The van der Waals surface area contributed by atoms with Crippen molar-refractivity contribution in [2.75, 3.05) is 39.6 Å². The minimum absolute atomic E-state index is 0.00263. The highest BCUT2D eigenvalue weighted by molar-refractivity contribution is 5.96. The zero-order chi connectivity index (χ0) is 15.1. The van der Waals surface area contributed by atoms with Crippen molar-refractivity contribution >= 4 is 17.5 Å². The second-order valence-electron chi connectivity index (χ2n) is 4.45. The Morgan fingerprint density at radius 3 is 2.80 bits per heavy atom. The number of anilines is 1. The van der Waals surface area contributed by atoms with Gasteiger partial charge in [0.25, 0.3) is 5.91 Å². The molecule has 1 heterocycles. The fourth-order valence-corrected chi connectivity index (χ4v) is 1.80. The van der Waals surface area contributed by atoms with Crippen molar-refractivity contribution in [1.82, 2.24) is 14.8 Å². The lowest BCUT2D eigenvalue weighted by Gasteiger charge is -2.17. The highest BCUT2D eigenvalue weighted by Crippen LogP contribution is 2.12. The zero-order valence-electron chi connectivity index (χ0n) is 12.2. The normalized spacial score (nSPS) is 10.3. The van der Waals surface area contributed by atoms with E-state index in [1.807, 2.05) is 6.92 Å². The second-order valence-corrected chi connectivity index (χ2v) is 4.45. The van der Waals surface area contributed by atoms with E-state index in [1.54, 1.807) is 31.0 Å². The molecule has 0 bridgehead atoms. The number of nitrogens with one attached hydrogen (secondary N) is 1. The van der Waals surface area contributed by atoms with Crippen LogP contribution in [-0.4, -0.2) is 55.1 Å². The van der Waals surface area contributed by atoms with Crippen LogP contribution in [0.25, 0.3) is 0 Å². The maximum absolute atomic E-state index is 12.2. The first kappa shape index (κ1) is 16.0. The summed E-state index contributed by atoms with van der Waals surface area (Å²) in [5.74, 6) is -0.453. The fourth-order valence-electron chi connectivity index (χ4n) is 1.80. The van der Waals surface area contributed by atoms with Gasteiger partial charge >= 0.3 is 0 Å². The second kappa shape index (κ2) is 7.54. The molecule has 112 valence electrons. The van der Waals surface area contributed by atoms with Crippen LogP contribution in [0, 0.1) is 0 Å². The summed E-state index contributed by atoms with van der Waals surface area (Å²) < 4.78 is 6.60. The summed E-state index contributed by atoms with van der Waals surface area (Å²) in [5, 5.41) is 2.67. The number of hydrogen-bond donors (Lipinski definition) is 2. The molecule has 0 saturated heterocycles. The molecular weight excluding hydrogens is 260 g/mol. The summed E-state index contributed by atoms with van der Waals surface area (Å²) >= 11 is 0. The van der Waals surface area contributed by atoms with Crippen LogP contribution in [0.15, 0.2) is 12.3 Å². The first-order valence-corrected chi connectivity index (χ1v) is 6.46. The molecule has 7 heteroatoms. The molecule has 1 rings (SSSR count). The van der Waals surface area contributed by atoms with E-state index in [2.05, 4.69) is 5.32 Å². The van der Waals surface area contributed by atoms with E-state index < -0.39 is 0 Å². The molecule has 3 N–H and O–H groups in total. The van der Waals surface area contributed by atoms with Gasteiger partial charge in [-0.25, -0.2) is 0 Å². The third-order valence-electron chi connectivity index (χ3n) is 2.83. The van der Waals surface area contributed by atoms with Crippen LogP contribution in [0.2, 0.25) is 0 Å². The first-order chi connectivity index (χ1) is 9.49. The predicted octanol–water partition coefficient (Wildman–Crippen LogP) is -0.0752. The average molecular weight is 282 g/mol. The van der Waals surface area contributed by atoms with Crippen molar-refractivity contribution in [1.29, 1.82) is 0 Å². The number of aryl methyl sites for hydroxylation is 1. The Morgan fingerprint density at radius 2 is 2.20 bits per heavy atom. The largest absolute Gasteiger partial charge is 0.397 e. The molecular formula is C13H22N4O3. The number of methoxy groups -OCH3 is 1. The van der Waals surface area contributed by atoms with Gasteiger partial charge < -0.3 is 25.3 Å². The van der Waals surface area contributed by atoms with E-state index in [4.69, 9.17) is 10.5 Å². The van der Waals surface area contributed by atoms with Gasteiger partial charge in [0, 0.05) is 33.4 Å². The Balaban J connectivity index is 2.60. The number of amides is 2. The summed E-state index contributed by atoms with van der Waals surface area (Å²) in [5.41, 5.74) is 6.71. The van der Waals surface area contributed by atoms with E-state index >= 15 is 0 Å². The maximum atomic E-state index is 12.2. The van der Waals surface area contributed by atoms with Crippen LogP contribution in [0.1, 0.15) is 17.4 Å². The SMILES string of the molecule is CCn1cc(N)cc1C(=O)N(C)CC(=O)NCCOC. The fraction of sp³-hybridized carbons (Fsp3) is 0.538. The van der Waals surface area contributed by atoms with Gasteiger partial charge in [0.2, 0.25) is 5.91 Å². The number of carbonyl (C=O) groups is 2. The Kier molecular flexibility index (Phi) is 6.05. The summed E-state index contributed by atoms with van der Waals surface area (Å²) in [7, 11) is 3.15. The average Bonchev–Trinajstić information content (AvgIpc) is 2.79. The zero-order valence-corrected chi connectivity index (χ0v) is 12.2. The van der Waals surface area contributed by atoms with Gasteiger partial charge in [-0.1, -0.05) is 0 Å². The molecule has 20 heavy (non-hydrogen) atoms. The number of likely N-dealkylation sites (N-methyl/N-ethyl adjacent to an activating group) is 1. The monoisotopic (exact) mass is 282 g/mol. The number of nitrogens with two attached hydrogens (primary N) is 1. The molecule has 0 fully saturated rings. The minimum Gasteiger partial charge on any atom is -0.397 e. The van der Waals surface area contributed by atoms with Crippen molar-refractivity contribution in [3.05, 3.63) is 18.0 Å². The van der Waals surface area contributed by atoms with Gasteiger partial charge in [0.1, 0.15) is 5.69 Å². The third kappa shape index (κ3) is 4.27. The smallest absolute Gasteiger partial charge is 0.270 e. The van der Waals surface area contributed by atoms with Crippen molar-refractivity contribution in [3.8, 4) is 0 Å². The van der Waals surface area contributed by atoms with Gasteiger partial charge in [-0.15, -0.1) is 0 Å². The van der Waals surface area contributed by atoms with E-state index in [9.17, 15) is 9.59 Å². The summed E-state index contributed by atoms with van der Waals surface area (Å²) in [6, 6.07) is 1.62. The number of hydrogen-bond acceptors (Lipinski definition) is 4. The molecule has 0 aromatic carbocycles. The van der Waals surface area contributed by atoms with Crippen molar-refractivity contribution in [2.24, 2.45) is 0 Å². The topological polar surface area (TPSA) is 89.6 Å². The van der Waals surface area contributed by atoms with Crippen LogP contribution >= 0.6 is 0 Å². The Labute approximate surface area is 118 Å². The summed E-state index contributed by atoms with van der Waals surface area (Å²) in [6.07, 6.45) is 1.71. The maximum Gasteiger partial charge on any atom is 0.270 e. The highest BCUT2D eigenvalue weighted by Gasteiger charge is 2.18. The molecule has 0 unspecified atom stereocenters. The van der Waals surface area contributed by atoms with E-state index in [0.717, 1.165) is 0 Å².